The lowest BCUT2D eigenvalue weighted by atomic mass is 10.2. The molecule has 1 amide bonds. The first-order valence-corrected chi connectivity index (χ1v) is 7.41. The van der Waals surface area contributed by atoms with Crippen molar-refractivity contribution in [2.45, 2.75) is 6.92 Å². The fourth-order valence-corrected chi connectivity index (χ4v) is 3.47. The maximum Gasteiger partial charge on any atom is 0.267 e. The summed E-state index contributed by atoms with van der Waals surface area (Å²) in [5, 5.41) is 2.79. The summed E-state index contributed by atoms with van der Waals surface area (Å²) in [7, 11) is 0. The number of nitrogen functional groups attached to an aromatic ring is 1. The first-order chi connectivity index (χ1) is 8.49. The Labute approximate surface area is 125 Å². The maximum atomic E-state index is 12.1. The molecule has 2 aromatic rings. The highest BCUT2D eigenvalue weighted by atomic mass is 79.9. The van der Waals surface area contributed by atoms with E-state index in [0.717, 1.165) is 8.95 Å². The van der Waals surface area contributed by atoms with Gasteiger partial charge in [-0.25, -0.2) is 4.98 Å². The highest BCUT2D eigenvalue weighted by Crippen LogP contribution is 2.33. The second kappa shape index (κ2) is 5.38. The number of hydrogen-bond acceptors (Lipinski definition) is 4. The van der Waals surface area contributed by atoms with Crippen molar-refractivity contribution >= 4 is 60.5 Å². The van der Waals surface area contributed by atoms with Gasteiger partial charge < -0.3 is 11.1 Å². The third kappa shape index (κ3) is 2.73. The van der Waals surface area contributed by atoms with Crippen molar-refractivity contribution in [2.24, 2.45) is 0 Å². The quantitative estimate of drug-likeness (QED) is 0.766. The number of nitrogens with one attached hydrogen (secondary N) is 1. The van der Waals surface area contributed by atoms with Gasteiger partial charge in [-0.15, -0.1) is 11.3 Å². The van der Waals surface area contributed by atoms with Gasteiger partial charge in [0.05, 0.1) is 22.6 Å². The summed E-state index contributed by atoms with van der Waals surface area (Å²) in [6, 6.07) is 3.56. The molecular formula is C11H9Br2N3OS. The number of nitrogens with zero attached hydrogens (tertiary/aromatic N) is 1. The zero-order valence-electron chi connectivity index (χ0n) is 9.33. The second-order valence-corrected chi connectivity index (χ2v) is 6.20. The predicted octanol–water partition coefficient (Wildman–Crippen LogP) is 3.81. The Morgan fingerprint density at radius 2 is 2.17 bits per heavy atom. The minimum absolute atomic E-state index is 0.204. The number of anilines is 2. The largest absolute Gasteiger partial charge is 0.397 e. The van der Waals surface area contributed by atoms with Crippen LogP contribution in [0.4, 0.5) is 11.4 Å². The molecule has 0 unspecified atom stereocenters. The van der Waals surface area contributed by atoms with Crippen LogP contribution >= 0.6 is 43.2 Å². The molecule has 0 aliphatic carbocycles. The van der Waals surface area contributed by atoms with Gasteiger partial charge in [-0.2, -0.15) is 0 Å². The van der Waals surface area contributed by atoms with Crippen molar-refractivity contribution in [3.63, 3.8) is 0 Å². The van der Waals surface area contributed by atoms with Crippen LogP contribution in [0, 0.1) is 6.92 Å². The molecule has 0 fully saturated rings. The van der Waals surface area contributed by atoms with Gasteiger partial charge in [0.25, 0.3) is 5.91 Å². The summed E-state index contributed by atoms with van der Waals surface area (Å²) in [4.78, 5) is 16.7. The SMILES string of the molecule is Cc1ncsc1C(=O)Nc1c(N)cc(Br)cc1Br. The van der Waals surface area contributed by atoms with Gasteiger partial charge in [0.15, 0.2) is 0 Å². The molecule has 0 saturated heterocycles. The van der Waals surface area contributed by atoms with E-state index in [1.54, 1.807) is 18.5 Å². The number of carbonyl (C=O) groups is 1. The monoisotopic (exact) mass is 389 g/mol. The average Bonchev–Trinajstić information content (AvgIpc) is 2.69. The van der Waals surface area contributed by atoms with Gasteiger partial charge >= 0.3 is 0 Å². The fraction of sp³-hybridized carbons (Fsp3) is 0.0909. The summed E-state index contributed by atoms with van der Waals surface area (Å²) in [6.45, 7) is 1.80. The van der Waals surface area contributed by atoms with E-state index >= 15 is 0 Å². The average molecular weight is 391 g/mol. The van der Waals surface area contributed by atoms with Crippen LogP contribution in [-0.2, 0) is 0 Å². The van der Waals surface area contributed by atoms with Gasteiger partial charge in [-0.05, 0) is 35.0 Å². The van der Waals surface area contributed by atoms with Crippen molar-refractivity contribution in [3.8, 4) is 0 Å². The highest BCUT2D eigenvalue weighted by Gasteiger charge is 2.15. The molecular weight excluding hydrogens is 382 g/mol. The molecule has 18 heavy (non-hydrogen) atoms. The number of aryl methyl sites for hydroxylation is 1. The van der Waals surface area contributed by atoms with Gasteiger partial charge in [-0.1, -0.05) is 15.9 Å². The van der Waals surface area contributed by atoms with E-state index in [9.17, 15) is 4.79 Å². The lowest BCUT2D eigenvalue weighted by Gasteiger charge is -2.10. The summed E-state index contributed by atoms with van der Waals surface area (Å²) >= 11 is 8.01. The zero-order valence-corrected chi connectivity index (χ0v) is 13.3. The zero-order chi connectivity index (χ0) is 13.3. The molecule has 0 bridgehead atoms. The number of aromatic nitrogens is 1. The molecule has 4 nitrogen and oxygen atoms in total. The van der Waals surface area contributed by atoms with Crippen molar-refractivity contribution < 1.29 is 4.79 Å². The van der Waals surface area contributed by atoms with Gasteiger partial charge in [0, 0.05) is 8.95 Å². The number of hydrogen-bond donors (Lipinski definition) is 2. The molecule has 3 N–H and O–H groups in total. The minimum atomic E-state index is -0.204. The Kier molecular flexibility index (Phi) is 4.04. The molecule has 2 rings (SSSR count). The third-order valence-corrected chi connectivity index (χ3v) is 4.29. The van der Waals surface area contributed by atoms with E-state index in [-0.39, 0.29) is 5.91 Å². The number of nitrogens with two attached hydrogens (primary N) is 1. The van der Waals surface area contributed by atoms with E-state index in [2.05, 4.69) is 42.2 Å². The molecule has 0 aliphatic rings. The van der Waals surface area contributed by atoms with Crippen molar-refractivity contribution in [1.82, 2.24) is 4.98 Å². The molecule has 1 aromatic carbocycles. The van der Waals surface area contributed by atoms with Crippen LogP contribution in [-0.4, -0.2) is 10.9 Å². The number of rotatable bonds is 2. The van der Waals surface area contributed by atoms with Crippen LogP contribution in [0.25, 0.3) is 0 Å². The van der Waals surface area contributed by atoms with Gasteiger partial charge in [0.2, 0.25) is 0 Å². The van der Waals surface area contributed by atoms with E-state index < -0.39 is 0 Å². The Balaban J connectivity index is 2.31. The first-order valence-electron chi connectivity index (χ1n) is 4.95. The molecule has 0 saturated carbocycles. The summed E-state index contributed by atoms with van der Waals surface area (Å²) in [5.74, 6) is -0.204. The Morgan fingerprint density at radius 3 is 2.72 bits per heavy atom. The standard InChI is InChI=1S/C11H9Br2N3OS/c1-5-10(18-4-15-5)11(17)16-9-7(13)2-6(12)3-8(9)14/h2-4H,14H2,1H3,(H,16,17). The Hall–Kier alpha value is -0.920. The van der Waals surface area contributed by atoms with Gasteiger partial charge in [0.1, 0.15) is 4.88 Å². The number of halogens is 2. The molecule has 94 valence electrons. The number of amides is 1. The third-order valence-electron chi connectivity index (χ3n) is 2.28. The summed E-state index contributed by atoms with van der Waals surface area (Å²) < 4.78 is 1.57. The first kappa shape index (κ1) is 13.5. The highest BCUT2D eigenvalue weighted by molar-refractivity contribution is 9.11. The second-order valence-electron chi connectivity index (χ2n) is 3.57. The van der Waals surface area contributed by atoms with Gasteiger partial charge in [-0.3, -0.25) is 4.79 Å². The fourth-order valence-electron chi connectivity index (χ4n) is 1.42. The summed E-state index contributed by atoms with van der Waals surface area (Å²) in [5.41, 5.74) is 9.29. The minimum Gasteiger partial charge on any atom is -0.397 e. The molecule has 1 aromatic heterocycles. The van der Waals surface area contributed by atoms with E-state index in [1.165, 1.54) is 11.3 Å². The van der Waals surface area contributed by atoms with Crippen LogP contribution in [0.15, 0.2) is 26.6 Å². The maximum absolute atomic E-state index is 12.1. The Morgan fingerprint density at radius 1 is 1.44 bits per heavy atom. The molecule has 1 heterocycles. The van der Waals surface area contributed by atoms with Crippen molar-refractivity contribution in [2.75, 3.05) is 11.1 Å². The van der Waals surface area contributed by atoms with Crippen LogP contribution in [0.5, 0.6) is 0 Å². The number of carbonyl (C=O) groups excluding carboxylic acids is 1. The molecule has 0 aliphatic heterocycles. The molecule has 0 spiro atoms. The van der Waals surface area contributed by atoms with Crippen LogP contribution < -0.4 is 11.1 Å². The van der Waals surface area contributed by atoms with E-state index in [0.29, 0.717) is 21.9 Å². The molecule has 0 atom stereocenters. The molecule has 7 heteroatoms. The van der Waals surface area contributed by atoms with Crippen LogP contribution in [0.2, 0.25) is 0 Å². The van der Waals surface area contributed by atoms with Crippen molar-refractivity contribution in [3.05, 3.63) is 37.2 Å². The van der Waals surface area contributed by atoms with E-state index in [4.69, 9.17) is 5.73 Å². The number of benzene rings is 1. The normalized spacial score (nSPS) is 10.4. The topological polar surface area (TPSA) is 68.0 Å². The number of thiazole rings is 1. The van der Waals surface area contributed by atoms with E-state index in [1.807, 2.05) is 6.07 Å². The smallest absolute Gasteiger partial charge is 0.267 e. The lowest BCUT2D eigenvalue weighted by Crippen LogP contribution is -2.13. The predicted molar refractivity (Wildman–Crippen MR) is 81.1 cm³/mol. The lowest BCUT2D eigenvalue weighted by molar-refractivity contribution is 0.103. The van der Waals surface area contributed by atoms with Crippen molar-refractivity contribution in [1.29, 1.82) is 0 Å². The molecule has 0 radical (unpaired) electrons. The Bertz CT molecular complexity index is 589. The summed E-state index contributed by atoms with van der Waals surface area (Å²) in [6.07, 6.45) is 0. The van der Waals surface area contributed by atoms with Crippen LogP contribution in [0.3, 0.4) is 0 Å². The van der Waals surface area contributed by atoms with Crippen LogP contribution in [0.1, 0.15) is 15.4 Å².